The Bertz CT molecular complexity index is 738. The summed E-state index contributed by atoms with van der Waals surface area (Å²) in [6.45, 7) is 7.67. The Morgan fingerprint density at radius 1 is 1.12 bits per heavy atom. The fraction of sp³-hybridized carbons (Fsp3) is 0.435. The van der Waals surface area contributed by atoms with E-state index in [2.05, 4.69) is 49.6 Å². The second-order valence-electron chi connectivity index (χ2n) is 8.33. The van der Waals surface area contributed by atoms with Crippen LogP contribution in [0.3, 0.4) is 0 Å². The average molecular weight is 351 g/mol. The summed E-state index contributed by atoms with van der Waals surface area (Å²) in [5, 5.41) is 6.59. The molecule has 3 rings (SSSR count). The van der Waals surface area contributed by atoms with E-state index in [0.717, 1.165) is 24.2 Å². The van der Waals surface area contributed by atoms with Gasteiger partial charge in [0.15, 0.2) is 0 Å². The van der Waals surface area contributed by atoms with E-state index in [1.807, 2.05) is 30.3 Å². The molecule has 1 fully saturated rings. The second kappa shape index (κ2) is 8.05. The van der Waals surface area contributed by atoms with Gasteiger partial charge in [0.25, 0.3) is 5.91 Å². The van der Waals surface area contributed by atoms with Crippen molar-refractivity contribution < 1.29 is 4.79 Å². The topological polar surface area (TPSA) is 41.1 Å². The molecule has 2 N–H and O–H groups in total. The predicted molar refractivity (Wildman–Crippen MR) is 109 cm³/mol. The lowest BCUT2D eigenvalue weighted by atomic mass is 9.87. The molecule has 138 valence electrons. The number of piperidine rings is 1. The molecule has 0 bridgehead atoms. The van der Waals surface area contributed by atoms with Gasteiger partial charge in [0, 0.05) is 17.3 Å². The molecular weight excluding hydrogens is 320 g/mol. The van der Waals surface area contributed by atoms with Crippen molar-refractivity contribution in [1.82, 2.24) is 5.32 Å². The highest BCUT2D eigenvalue weighted by molar-refractivity contribution is 6.04. The van der Waals surface area contributed by atoms with Crippen LogP contribution in [-0.2, 0) is 11.8 Å². The summed E-state index contributed by atoms with van der Waals surface area (Å²) in [5.74, 6) is -0.0491. The molecule has 0 aliphatic carbocycles. The van der Waals surface area contributed by atoms with Crippen LogP contribution in [0.5, 0.6) is 0 Å². The number of nitrogens with one attached hydrogen (secondary N) is 2. The van der Waals surface area contributed by atoms with Crippen LogP contribution in [0.2, 0.25) is 0 Å². The maximum absolute atomic E-state index is 12.6. The molecular formula is C23H30N2O. The molecule has 2 aromatic carbocycles. The summed E-state index contributed by atoms with van der Waals surface area (Å²) in [5.41, 5.74) is 4.16. The van der Waals surface area contributed by atoms with Gasteiger partial charge in [0.1, 0.15) is 0 Å². The summed E-state index contributed by atoms with van der Waals surface area (Å²) in [4.78, 5) is 12.6. The lowest BCUT2D eigenvalue weighted by Gasteiger charge is -2.23. The Labute approximate surface area is 157 Å². The van der Waals surface area contributed by atoms with Crippen molar-refractivity contribution in [3.8, 4) is 0 Å². The van der Waals surface area contributed by atoms with E-state index in [9.17, 15) is 4.79 Å². The highest BCUT2D eigenvalue weighted by Gasteiger charge is 2.15. The predicted octanol–water partition coefficient (Wildman–Crippen LogP) is 4.92. The van der Waals surface area contributed by atoms with E-state index in [0.29, 0.717) is 6.04 Å². The second-order valence-corrected chi connectivity index (χ2v) is 8.33. The van der Waals surface area contributed by atoms with Crippen molar-refractivity contribution in [2.24, 2.45) is 0 Å². The van der Waals surface area contributed by atoms with E-state index in [-0.39, 0.29) is 11.3 Å². The Morgan fingerprint density at radius 2 is 1.88 bits per heavy atom. The van der Waals surface area contributed by atoms with E-state index in [1.165, 1.54) is 30.4 Å². The summed E-state index contributed by atoms with van der Waals surface area (Å²) in [6.07, 6.45) is 4.77. The van der Waals surface area contributed by atoms with Crippen LogP contribution in [0.15, 0.2) is 48.5 Å². The zero-order valence-electron chi connectivity index (χ0n) is 16.1. The molecule has 1 amide bonds. The number of anilines is 1. The largest absolute Gasteiger partial charge is 0.322 e. The Morgan fingerprint density at radius 3 is 2.54 bits per heavy atom. The molecule has 0 unspecified atom stereocenters. The number of carbonyl (C=O) groups excluding carboxylic acids is 1. The van der Waals surface area contributed by atoms with Gasteiger partial charge in [-0.3, -0.25) is 4.79 Å². The molecule has 1 saturated heterocycles. The van der Waals surface area contributed by atoms with E-state index >= 15 is 0 Å². The normalized spacial score (nSPS) is 17.7. The van der Waals surface area contributed by atoms with E-state index < -0.39 is 0 Å². The van der Waals surface area contributed by atoms with E-state index in [4.69, 9.17) is 0 Å². The van der Waals surface area contributed by atoms with Gasteiger partial charge in [-0.25, -0.2) is 0 Å². The number of rotatable bonds is 4. The number of hydrogen-bond donors (Lipinski definition) is 2. The SMILES string of the molecule is CC(C)(C)c1ccc(NC(=O)c2cccc(C[C@H]3CCCCN3)c2)cc1. The van der Waals surface area contributed by atoms with Crippen LogP contribution >= 0.6 is 0 Å². The van der Waals surface area contributed by atoms with Gasteiger partial charge >= 0.3 is 0 Å². The van der Waals surface area contributed by atoms with Crippen molar-refractivity contribution in [3.63, 3.8) is 0 Å². The average Bonchev–Trinajstić information content (AvgIpc) is 2.62. The third-order valence-electron chi connectivity index (χ3n) is 5.09. The van der Waals surface area contributed by atoms with Gasteiger partial charge in [-0.1, -0.05) is 51.5 Å². The zero-order chi connectivity index (χ0) is 18.6. The first kappa shape index (κ1) is 18.7. The molecule has 0 aromatic heterocycles. The standard InChI is InChI=1S/C23H30N2O/c1-23(2,3)19-10-12-20(13-11-19)25-22(26)18-8-6-7-17(15-18)16-21-9-4-5-14-24-21/h6-8,10-13,15,21,24H,4-5,9,14,16H2,1-3H3,(H,25,26)/t21-/m1/s1. The van der Waals surface area contributed by atoms with Crippen molar-refractivity contribution in [3.05, 3.63) is 65.2 Å². The van der Waals surface area contributed by atoms with Crippen LogP contribution < -0.4 is 10.6 Å². The van der Waals surface area contributed by atoms with Gasteiger partial charge in [-0.05, 0) is 66.6 Å². The molecule has 26 heavy (non-hydrogen) atoms. The Balaban J connectivity index is 1.65. The maximum Gasteiger partial charge on any atom is 0.255 e. The van der Waals surface area contributed by atoms with Gasteiger partial charge in [0.2, 0.25) is 0 Å². The minimum absolute atomic E-state index is 0.0491. The molecule has 0 saturated carbocycles. The molecule has 1 aliphatic heterocycles. The minimum Gasteiger partial charge on any atom is -0.322 e. The van der Waals surface area contributed by atoms with Crippen LogP contribution in [0, 0.1) is 0 Å². The summed E-state index contributed by atoms with van der Waals surface area (Å²) in [7, 11) is 0. The van der Waals surface area contributed by atoms with Crippen LogP contribution in [0.4, 0.5) is 5.69 Å². The Hall–Kier alpha value is -2.13. The highest BCUT2D eigenvalue weighted by Crippen LogP contribution is 2.23. The first-order chi connectivity index (χ1) is 12.4. The minimum atomic E-state index is -0.0491. The maximum atomic E-state index is 12.6. The monoisotopic (exact) mass is 350 g/mol. The number of benzene rings is 2. The van der Waals surface area contributed by atoms with Crippen molar-refractivity contribution in [2.45, 2.75) is 57.9 Å². The quantitative estimate of drug-likeness (QED) is 0.821. The summed E-state index contributed by atoms with van der Waals surface area (Å²) >= 11 is 0. The van der Waals surface area contributed by atoms with Crippen molar-refractivity contribution in [1.29, 1.82) is 0 Å². The molecule has 2 aromatic rings. The van der Waals surface area contributed by atoms with Gasteiger partial charge in [0.05, 0.1) is 0 Å². The third-order valence-corrected chi connectivity index (χ3v) is 5.09. The van der Waals surface area contributed by atoms with Crippen LogP contribution in [-0.4, -0.2) is 18.5 Å². The molecule has 3 nitrogen and oxygen atoms in total. The molecule has 1 atom stereocenters. The van der Waals surface area contributed by atoms with Crippen LogP contribution in [0.1, 0.15) is 61.5 Å². The number of amides is 1. The molecule has 3 heteroatoms. The van der Waals surface area contributed by atoms with Gasteiger partial charge < -0.3 is 10.6 Å². The lowest BCUT2D eigenvalue weighted by Crippen LogP contribution is -2.35. The number of hydrogen-bond acceptors (Lipinski definition) is 2. The highest BCUT2D eigenvalue weighted by atomic mass is 16.1. The first-order valence-corrected chi connectivity index (χ1v) is 9.66. The van der Waals surface area contributed by atoms with Gasteiger partial charge in [-0.2, -0.15) is 0 Å². The van der Waals surface area contributed by atoms with E-state index in [1.54, 1.807) is 0 Å². The van der Waals surface area contributed by atoms with Crippen molar-refractivity contribution in [2.75, 3.05) is 11.9 Å². The zero-order valence-corrected chi connectivity index (χ0v) is 16.1. The Kier molecular flexibility index (Phi) is 5.77. The summed E-state index contributed by atoms with van der Waals surface area (Å²) in [6, 6.07) is 16.7. The summed E-state index contributed by atoms with van der Waals surface area (Å²) < 4.78 is 0. The third kappa shape index (κ3) is 4.95. The number of carbonyl (C=O) groups is 1. The molecule has 0 spiro atoms. The smallest absolute Gasteiger partial charge is 0.255 e. The first-order valence-electron chi connectivity index (χ1n) is 9.66. The lowest BCUT2D eigenvalue weighted by molar-refractivity contribution is 0.102. The van der Waals surface area contributed by atoms with Crippen molar-refractivity contribution >= 4 is 11.6 Å². The fourth-order valence-corrected chi connectivity index (χ4v) is 3.48. The molecule has 1 heterocycles. The van der Waals surface area contributed by atoms with Crippen LogP contribution in [0.25, 0.3) is 0 Å². The fourth-order valence-electron chi connectivity index (χ4n) is 3.48. The van der Waals surface area contributed by atoms with Gasteiger partial charge in [-0.15, -0.1) is 0 Å². The molecule has 0 radical (unpaired) electrons. The molecule has 1 aliphatic rings.